The fourth-order valence-electron chi connectivity index (χ4n) is 5.43. The third-order valence-electron chi connectivity index (χ3n) is 7.11. The van der Waals surface area contributed by atoms with Gasteiger partial charge in [-0.1, -0.05) is 25.4 Å². The van der Waals surface area contributed by atoms with E-state index in [1.54, 1.807) is 11.7 Å². The minimum Gasteiger partial charge on any atom is -0.383 e. The summed E-state index contributed by atoms with van der Waals surface area (Å²) in [6.45, 7) is 4.54. The lowest BCUT2D eigenvalue weighted by Gasteiger charge is -2.16. The van der Waals surface area contributed by atoms with Crippen molar-refractivity contribution >= 4 is 34.9 Å². The number of anilines is 2. The predicted octanol–water partition coefficient (Wildman–Crippen LogP) is 4.34. The molecule has 1 heterocycles. The Balaban J connectivity index is 1.44. The molecule has 4 N–H and O–H groups in total. The van der Waals surface area contributed by atoms with Crippen molar-refractivity contribution in [3.63, 3.8) is 0 Å². The number of nitrogen functional groups attached to an aromatic ring is 1. The van der Waals surface area contributed by atoms with Crippen LogP contribution in [0, 0.1) is 29.5 Å². The summed E-state index contributed by atoms with van der Waals surface area (Å²) in [5.41, 5.74) is 7.72. The Morgan fingerprint density at radius 1 is 1.24 bits per heavy atom. The number of rotatable bonds is 6. The largest absolute Gasteiger partial charge is 0.383 e. The van der Waals surface area contributed by atoms with Crippen LogP contribution in [0.15, 0.2) is 18.2 Å². The molecule has 1 aromatic carbocycles. The number of hydrogen-bond acceptors (Lipinski definition) is 4. The van der Waals surface area contributed by atoms with E-state index in [-0.39, 0.29) is 28.7 Å². The molecule has 2 saturated carbocycles. The second kappa shape index (κ2) is 9.33. The number of carbonyl (C=O) groups excluding carboxylic acids is 2. The molecule has 2 atom stereocenters. The van der Waals surface area contributed by atoms with Crippen LogP contribution in [0.2, 0.25) is 5.02 Å². The van der Waals surface area contributed by atoms with E-state index in [1.165, 1.54) is 18.2 Å². The molecule has 2 aliphatic carbocycles. The molecule has 9 heteroatoms. The molecule has 2 aromatic rings. The molecule has 33 heavy (non-hydrogen) atoms. The molecule has 2 aliphatic rings. The zero-order valence-corrected chi connectivity index (χ0v) is 20.0. The molecule has 178 valence electrons. The fourth-order valence-corrected chi connectivity index (χ4v) is 5.61. The Morgan fingerprint density at radius 3 is 2.52 bits per heavy atom. The van der Waals surface area contributed by atoms with Gasteiger partial charge in [-0.3, -0.25) is 14.3 Å². The summed E-state index contributed by atoms with van der Waals surface area (Å²) in [7, 11) is 1.73. The van der Waals surface area contributed by atoms with Crippen LogP contribution < -0.4 is 16.4 Å². The van der Waals surface area contributed by atoms with Gasteiger partial charge in [0.15, 0.2) is 0 Å². The maximum absolute atomic E-state index is 13.5. The van der Waals surface area contributed by atoms with Crippen LogP contribution in [0.5, 0.6) is 0 Å². The Kier molecular flexibility index (Phi) is 6.66. The van der Waals surface area contributed by atoms with Crippen molar-refractivity contribution in [1.29, 1.82) is 0 Å². The highest BCUT2D eigenvalue weighted by Crippen LogP contribution is 2.52. The molecular weight excluding hydrogens is 445 g/mol. The number of aromatic nitrogens is 2. The van der Waals surface area contributed by atoms with Gasteiger partial charge in [0, 0.05) is 31.1 Å². The van der Waals surface area contributed by atoms with Crippen molar-refractivity contribution < 1.29 is 14.0 Å². The number of hydrogen-bond donors (Lipinski definition) is 3. The molecule has 1 aromatic heterocycles. The van der Waals surface area contributed by atoms with Crippen molar-refractivity contribution in [3.05, 3.63) is 40.3 Å². The van der Waals surface area contributed by atoms with E-state index in [9.17, 15) is 14.0 Å². The van der Waals surface area contributed by atoms with Gasteiger partial charge in [-0.15, -0.1) is 0 Å². The van der Waals surface area contributed by atoms with Crippen LogP contribution in [0.3, 0.4) is 0 Å². The van der Waals surface area contributed by atoms with Crippen molar-refractivity contribution in [2.75, 3.05) is 17.6 Å². The first-order valence-corrected chi connectivity index (χ1v) is 11.9. The van der Waals surface area contributed by atoms with Crippen molar-refractivity contribution in [3.8, 4) is 0 Å². The average molecular weight is 476 g/mol. The molecule has 0 bridgehead atoms. The van der Waals surface area contributed by atoms with E-state index in [1.807, 2.05) is 13.8 Å². The minimum absolute atomic E-state index is 0.000370. The smallest absolute Gasteiger partial charge is 0.261 e. The average Bonchev–Trinajstić information content (AvgIpc) is 3.40. The van der Waals surface area contributed by atoms with Crippen LogP contribution in [0.25, 0.3) is 0 Å². The molecule has 2 amide bonds. The molecule has 2 fully saturated rings. The van der Waals surface area contributed by atoms with Gasteiger partial charge >= 0.3 is 0 Å². The van der Waals surface area contributed by atoms with Crippen LogP contribution >= 0.6 is 11.6 Å². The van der Waals surface area contributed by atoms with Crippen molar-refractivity contribution in [2.24, 2.45) is 30.7 Å². The molecule has 2 unspecified atom stereocenters. The second-order valence-electron chi connectivity index (χ2n) is 9.78. The van der Waals surface area contributed by atoms with Gasteiger partial charge in [0.2, 0.25) is 5.91 Å². The second-order valence-corrected chi connectivity index (χ2v) is 10.2. The summed E-state index contributed by atoms with van der Waals surface area (Å²) in [5.74, 6) is 1.28. The van der Waals surface area contributed by atoms with Crippen LogP contribution in [0.1, 0.15) is 61.5 Å². The normalized spacial score (nSPS) is 24.2. The number of fused-ring (bicyclic) bond motifs is 1. The Morgan fingerprint density at radius 2 is 1.91 bits per heavy atom. The number of aryl methyl sites for hydroxylation is 1. The lowest BCUT2D eigenvalue weighted by atomic mass is 9.93. The lowest BCUT2D eigenvalue weighted by molar-refractivity contribution is -0.124. The molecule has 7 nitrogen and oxygen atoms in total. The molecule has 0 aliphatic heterocycles. The number of carbonyl (C=O) groups is 2. The summed E-state index contributed by atoms with van der Waals surface area (Å²) in [4.78, 5) is 25.0. The standard InChI is InChI=1S/C24H31ClFN5O2/c1-12(2)23(32)28-11-13-6-14-8-16(9-15(14)7-13)21-20(22(27)31(3)30-21)24(33)29-17-4-5-19(26)18(25)10-17/h4-5,10,12-16H,6-9,11,27H2,1-3H3,(H,28,32)(H,29,33). The van der Waals surface area contributed by atoms with E-state index in [0.29, 0.717) is 34.8 Å². The minimum atomic E-state index is -0.546. The molecule has 0 radical (unpaired) electrons. The van der Waals surface area contributed by atoms with Crippen LogP contribution in [0.4, 0.5) is 15.9 Å². The van der Waals surface area contributed by atoms with Crippen molar-refractivity contribution in [1.82, 2.24) is 15.1 Å². The van der Waals surface area contributed by atoms with Gasteiger partial charge in [0.1, 0.15) is 17.2 Å². The van der Waals surface area contributed by atoms with Gasteiger partial charge in [-0.2, -0.15) is 5.10 Å². The molecule has 0 saturated heterocycles. The highest BCUT2D eigenvalue weighted by Gasteiger charge is 2.44. The SMILES string of the molecule is CC(C)C(=O)NCC1CC2CC(c3nn(C)c(N)c3C(=O)Nc3ccc(F)c(Cl)c3)CC2C1. The Hall–Kier alpha value is -2.61. The number of amides is 2. The van der Waals surface area contributed by atoms with Crippen LogP contribution in [-0.4, -0.2) is 28.1 Å². The van der Waals surface area contributed by atoms with Gasteiger partial charge in [0.05, 0.1) is 10.7 Å². The van der Waals surface area contributed by atoms with E-state index < -0.39 is 5.82 Å². The summed E-state index contributed by atoms with van der Waals surface area (Å²) in [6, 6.07) is 4.05. The maximum Gasteiger partial charge on any atom is 0.261 e. The monoisotopic (exact) mass is 475 g/mol. The number of halogens is 2. The third-order valence-corrected chi connectivity index (χ3v) is 7.40. The topological polar surface area (TPSA) is 102 Å². The first-order chi connectivity index (χ1) is 15.6. The highest BCUT2D eigenvalue weighted by atomic mass is 35.5. The van der Waals surface area contributed by atoms with Gasteiger partial charge < -0.3 is 16.4 Å². The van der Waals surface area contributed by atoms with E-state index in [0.717, 1.165) is 37.9 Å². The summed E-state index contributed by atoms with van der Waals surface area (Å²) >= 11 is 5.84. The zero-order chi connectivity index (χ0) is 23.9. The quantitative estimate of drug-likeness (QED) is 0.578. The summed E-state index contributed by atoms with van der Waals surface area (Å²) in [6.07, 6.45) is 4.08. The number of nitrogens with zero attached hydrogens (tertiary/aromatic N) is 2. The Labute approximate surface area is 198 Å². The van der Waals surface area contributed by atoms with E-state index >= 15 is 0 Å². The van der Waals surface area contributed by atoms with E-state index in [4.69, 9.17) is 17.3 Å². The van der Waals surface area contributed by atoms with Crippen molar-refractivity contribution in [2.45, 2.75) is 45.4 Å². The molecule has 4 rings (SSSR count). The first kappa shape index (κ1) is 23.5. The molecular formula is C24H31ClFN5O2. The van der Waals surface area contributed by atoms with Gasteiger partial charge in [0.25, 0.3) is 5.91 Å². The van der Waals surface area contributed by atoms with Gasteiger partial charge in [-0.25, -0.2) is 4.39 Å². The van der Waals surface area contributed by atoms with Gasteiger partial charge in [-0.05, 0) is 61.6 Å². The maximum atomic E-state index is 13.5. The zero-order valence-electron chi connectivity index (χ0n) is 19.2. The third kappa shape index (κ3) is 4.86. The number of nitrogens with two attached hydrogens (primary N) is 1. The predicted molar refractivity (Wildman–Crippen MR) is 127 cm³/mol. The van der Waals surface area contributed by atoms with Crippen LogP contribution in [-0.2, 0) is 11.8 Å². The molecule has 0 spiro atoms. The summed E-state index contributed by atoms with van der Waals surface area (Å²) < 4.78 is 15.0. The van der Waals surface area contributed by atoms with E-state index in [2.05, 4.69) is 15.7 Å². The Bertz CT molecular complexity index is 1060. The number of benzene rings is 1. The fraction of sp³-hybridized carbons (Fsp3) is 0.542. The lowest BCUT2D eigenvalue weighted by Crippen LogP contribution is -2.31. The summed E-state index contributed by atoms with van der Waals surface area (Å²) in [5, 5.41) is 10.4. The number of nitrogens with one attached hydrogen (secondary N) is 2. The first-order valence-electron chi connectivity index (χ1n) is 11.5. The highest BCUT2D eigenvalue weighted by molar-refractivity contribution is 6.31.